The SMILES string of the molecule is CCCCCCc1ccsc1-c1ccc(-c2ccc(CCCCC)cc2)c(F)c1. The van der Waals surface area contributed by atoms with Crippen molar-refractivity contribution in [2.24, 2.45) is 0 Å². The van der Waals surface area contributed by atoms with E-state index >= 15 is 0 Å². The molecular weight excluding hydrogens is 375 g/mol. The van der Waals surface area contributed by atoms with E-state index in [9.17, 15) is 4.39 Å². The Hall–Kier alpha value is -1.93. The predicted molar refractivity (Wildman–Crippen MR) is 126 cm³/mol. The Labute approximate surface area is 179 Å². The fourth-order valence-corrected chi connectivity index (χ4v) is 4.80. The van der Waals surface area contributed by atoms with Crippen molar-refractivity contribution < 1.29 is 4.39 Å². The van der Waals surface area contributed by atoms with E-state index in [-0.39, 0.29) is 5.82 Å². The van der Waals surface area contributed by atoms with Crippen molar-refractivity contribution >= 4 is 11.3 Å². The zero-order chi connectivity index (χ0) is 20.5. The van der Waals surface area contributed by atoms with Crippen LogP contribution in [0.2, 0.25) is 0 Å². The average Bonchev–Trinajstić information content (AvgIpc) is 3.21. The van der Waals surface area contributed by atoms with Gasteiger partial charge in [0.2, 0.25) is 0 Å². The summed E-state index contributed by atoms with van der Waals surface area (Å²) in [4.78, 5) is 1.22. The smallest absolute Gasteiger partial charge is 0.131 e. The lowest BCUT2D eigenvalue weighted by atomic mass is 9.98. The Kier molecular flexibility index (Phi) is 8.49. The van der Waals surface area contributed by atoms with Crippen molar-refractivity contribution in [1.29, 1.82) is 0 Å². The number of rotatable bonds is 11. The van der Waals surface area contributed by atoms with E-state index in [0.29, 0.717) is 5.56 Å². The Balaban J connectivity index is 1.72. The number of thiophene rings is 1. The second kappa shape index (κ2) is 11.3. The Bertz CT molecular complexity index is 876. The van der Waals surface area contributed by atoms with E-state index < -0.39 is 0 Å². The minimum atomic E-state index is -0.133. The molecule has 0 radical (unpaired) electrons. The summed E-state index contributed by atoms with van der Waals surface area (Å²) in [6.07, 6.45) is 10.9. The van der Waals surface area contributed by atoms with Gasteiger partial charge in [-0.25, -0.2) is 4.39 Å². The molecule has 0 aliphatic rings. The quantitative estimate of drug-likeness (QED) is 0.277. The third-order valence-electron chi connectivity index (χ3n) is 5.61. The highest BCUT2D eigenvalue weighted by molar-refractivity contribution is 7.13. The largest absolute Gasteiger partial charge is 0.206 e. The molecule has 154 valence electrons. The predicted octanol–water partition coefficient (Wildman–Crippen LogP) is 9.08. The summed E-state index contributed by atoms with van der Waals surface area (Å²) in [6.45, 7) is 4.46. The van der Waals surface area contributed by atoms with Gasteiger partial charge >= 0.3 is 0 Å². The van der Waals surface area contributed by atoms with Crippen LogP contribution in [0.5, 0.6) is 0 Å². The van der Waals surface area contributed by atoms with Gasteiger partial charge in [0.15, 0.2) is 0 Å². The summed E-state index contributed by atoms with van der Waals surface area (Å²) < 4.78 is 15.0. The number of halogens is 1. The lowest BCUT2D eigenvalue weighted by Gasteiger charge is -2.09. The van der Waals surface area contributed by atoms with Gasteiger partial charge in [0.25, 0.3) is 0 Å². The molecule has 2 aromatic carbocycles. The third kappa shape index (κ3) is 6.02. The first-order valence-electron chi connectivity index (χ1n) is 11.2. The molecule has 0 aliphatic heterocycles. The molecule has 0 nitrogen and oxygen atoms in total. The monoisotopic (exact) mass is 408 g/mol. The second-order valence-electron chi connectivity index (χ2n) is 7.93. The molecule has 0 fully saturated rings. The van der Waals surface area contributed by atoms with Gasteiger partial charge in [-0.05, 0) is 65.4 Å². The maximum absolute atomic E-state index is 15.0. The summed E-state index contributed by atoms with van der Waals surface area (Å²) in [7, 11) is 0. The van der Waals surface area contributed by atoms with Crippen LogP contribution in [0.3, 0.4) is 0 Å². The van der Waals surface area contributed by atoms with Crippen LogP contribution in [0.25, 0.3) is 21.6 Å². The fraction of sp³-hybridized carbons (Fsp3) is 0.407. The fourth-order valence-electron chi connectivity index (χ4n) is 3.85. The first-order valence-corrected chi connectivity index (χ1v) is 12.1. The minimum Gasteiger partial charge on any atom is -0.206 e. The normalized spacial score (nSPS) is 11.1. The zero-order valence-corrected chi connectivity index (χ0v) is 18.7. The van der Waals surface area contributed by atoms with Gasteiger partial charge in [-0.3, -0.25) is 0 Å². The highest BCUT2D eigenvalue weighted by Gasteiger charge is 2.11. The standard InChI is InChI=1S/C27H33FS/c1-3-5-7-9-11-23-18-19-29-27(23)24-16-17-25(26(28)20-24)22-14-12-21(13-15-22)10-8-6-4-2/h12-20H,3-11H2,1-2H3. The van der Waals surface area contributed by atoms with Gasteiger partial charge < -0.3 is 0 Å². The van der Waals surface area contributed by atoms with Crippen LogP contribution >= 0.6 is 11.3 Å². The number of unbranched alkanes of at least 4 members (excludes halogenated alkanes) is 5. The molecule has 0 bridgehead atoms. The van der Waals surface area contributed by atoms with Crippen molar-refractivity contribution in [3.8, 4) is 21.6 Å². The summed E-state index contributed by atoms with van der Waals surface area (Å²) in [5.74, 6) is -0.133. The molecule has 0 aliphatic carbocycles. The van der Waals surface area contributed by atoms with Gasteiger partial charge in [-0.2, -0.15) is 0 Å². The summed E-state index contributed by atoms with van der Waals surface area (Å²) >= 11 is 1.72. The molecule has 3 rings (SSSR count). The second-order valence-corrected chi connectivity index (χ2v) is 8.85. The van der Waals surface area contributed by atoms with Crippen LogP contribution in [0.1, 0.15) is 69.9 Å². The molecule has 0 amide bonds. The topological polar surface area (TPSA) is 0 Å². The van der Waals surface area contributed by atoms with E-state index in [1.807, 2.05) is 6.07 Å². The van der Waals surface area contributed by atoms with E-state index in [4.69, 9.17) is 0 Å². The van der Waals surface area contributed by atoms with Crippen molar-refractivity contribution in [2.45, 2.75) is 71.6 Å². The van der Waals surface area contributed by atoms with Crippen LogP contribution in [0.15, 0.2) is 53.9 Å². The van der Waals surface area contributed by atoms with Gasteiger partial charge in [0.1, 0.15) is 5.82 Å². The lowest BCUT2D eigenvalue weighted by molar-refractivity contribution is 0.632. The van der Waals surface area contributed by atoms with Crippen LogP contribution in [0, 0.1) is 5.82 Å². The maximum Gasteiger partial charge on any atom is 0.131 e. The van der Waals surface area contributed by atoms with Gasteiger partial charge in [-0.15, -0.1) is 11.3 Å². The first kappa shape index (κ1) is 21.8. The molecule has 2 heteroatoms. The Morgan fingerprint density at radius 1 is 0.724 bits per heavy atom. The minimum absolute atomic E-state index is 0.133. The van der Waals surface area contributed by atoms with Crippen LogP contribution in [-0.2, 0) is 12.8 Å². The van der Waals surface area contributed by atoms with Gasteiger partial charge in [0, 0.05) is 10.4 Å². The van der Waals surface area contributed by atoms with E-state index in [1.54, 1.807) is 17.4 Å². The molecule has 1 aromatic heterocycles. The first-order chi connectivity index (χ1) is 14.2. The van der Waals surface area contributed by atoms with Crippen molar-refractivity contribution in [2.75, 3.05) is 0 Å². The molecule has 0 spiro atoms. The highest BCUT2D eigenvalue weighted by atomic mass is 32.1. The van der Waals surface area contributed by atoms with Crippen molar-refractivity contribution in [3.05, 3.63) is 70.9 Å². The number of hydrogen-bond acceptors (Lipinski definition) is 1. The van der Waals surface area contributed by atoms with E-state index in [0.717, 1.165) is 24.0 Å². The molecular formula is C27H33FS. The van der Waals surface area contributed by atoms with E-state index in [1.165, 1.54) is 60.9 Å². The molecule has 0 saturated carbocycles. The number of hydrogen-bond donors (Lipinski definition) is 0. The van der Waals surface area contributed by atoms with Gasteiger partial charge in [0.05, 0.1) is 0 Å². The highest BCUT2D eigenvalue weighted by Crippen LogP contribution is 2.34. The number of benzene rings is 2. The molecule has 1 heterocycles. The zero-order valence-electron chi connectivity index (χ0n) is 17.8. The van der Waals surface area contributed by atoms with E-state index in [2.05, 4.69) is 55.6 Å². The Morgan fingerprint density at radius 3 is 2.14 bits per heavy atom. The summed E-state index contributed by atoms with van der Waals surface area (Å²) in [6, 6.07) is 16.3. The van der Waals surface area contributed by atoms with Crippen LogP contribution < -0.4 is 0 Å². The summed E-state index contributed by atoms with van der Waals surface area (Å²) in [5.41, 5.74) is 5.34. The Morgan fingerprint density at radius 2 is 1.41 bits per heavy atom. The van der Waals surface area contributed by atoms with Crippen LogP contribution in [-0.4, -0.2) is 0 Å². The number of aryl methyl sites for hydroxylation is 2. The van der Waals surface area contributed by atoms with Gasteiger partial charge in [-0.1, -0.05) is 82.3 Å². The molecule has 0 saturated heterocycles. The maximum atomic E-state index is 15.0. The van der Waals surface area contributed by atoms with Crippen molar-refractivity contribution in [3.63, 3.8) is 0 Å². The summed E-state index contributed by atoms with van der Waals surface area (Å²) in [5, 5.41) is 2.13. The third-order valence-corrected chi connectivity index (χ3v) is 6.62. The molecule has 0 atom stereocenters. The van der Waals surface area contributed by atoms with Crippen molar-refractivity contribution in [1.82, 2.24) is 0 Å². The molecule has 0 N–H and O–H groups in total. The molecule has 0 unspecified atom stereocenters. The lowest BCUT2D eigenvalue weighted by Crippen LogP contribution is -1.90. The average molecular weight is 409 g/mol. The molecule has 29 heavy (non-hydrogen) atoms. The molecule has 3 aromatic rings. The van der Waals surface area contributed by atoms with Crippen LogP contribution in [0.4, 0.5) is 4.39 Å².